The van der Waals surface area contributed by atoms with Crippen LogP contribution in [-0.4, -0.2) is 0 Å². The number of hydrogen-bond acceptors (Lipinski definition) is 2. The summed E-state index contributed by atoms with van der Waals surface area (Å²) >= 11 is 1.33. The maximum atomic E-state index is 13.0. The van der Waals surface area contributed by atoms with Gasteiger partial charge in [-0.15, -0.1) is 0 Å². The Morgan fingerprint density at radius 1 is 1.00 bits per heavy atom. The average Bonchev–Trinajstić information content (AvgIpc) is 2.34. The lowest BCUT2D eigenvalue weighted by molar-refractivity contribution is 0.506. The van der Waals surface area contributed by atoms with Crippen LogP contribution in [0, 0.1) is 29.9 Å². The molecule has 0 amide bonds. The first-order chi connectivity index (χ1) is 8.60. The van der Waals surface area contributed by atoms with Gasteiger partial charge in [0.2, 0.25) is 0 Å². The minimum absolute atomic E-state index is 0.615. The summed E-state index contributed by atoms with van der Waals surface area (Å²) in [6.45, 7) is 1.84. The van der Waals surface area contributed by atoms with Crippen molar-refractivity contribution in [2.75, 3.05) is 0 Å². The van der Waals surface area contributed by atoms with Gasteiger partial charge in [-0.1, -0.05) is 11.8 Å². The van der Waals surface area contributed by atoms with E-state index in [1.165, 1.54) is 17.8 Å². The zero-order chi connectivity index (χ0) is 13.1. The zero-order valence-electron chi connectivity index (χ0n) is 9.58. The highest BCUT2D eigenvalue weighted by Crippen LogP contribution is 2.29. The summed E-state index contributed by atoms with van der Waals surface area (Å²) in [7, 11) is 0. The molecule has 0 aliphatic heterocycles. The van der Waals surface area contributed by atoms with Gasteiger partial charge in [-0.25, -0.2) is 8.78 Å². The van der Waals surface area contributed by atoms with E-state index in [1.54, 1.807) is 12.1 Å². The Hall–Kier alpha value is -1.86. The molecule has 2 rings (SSSR count). The number of rotatable bonds is 2. The van der Waals surface area contributed by atoms with Gasteiger partial charge in [-0.05, 0) is 48.9 Å². The van der Waals surface area contributed by atoms with Crippen LogP contribution in [0.3, 0.4) is 0 Å². The number of nitrogens with zero attached hydrogens (tertiary/aromatic N) is 1. The monoisotopic (exact) mass is 261 g/mol. The average molecular weight is 261 g/mol. The molecule has 0 saturated heterocycles. The molecule has 0 unspecified atom stereocenters. The van der Waals surface area contributed by atoms with Crippen LogP contribution in [0.2, 0.25) is 0 Å². The summed E-state index contributed by atoms with van der Waals surface area (Å²) in [5.74, 6) is -1.71. The van der Waals surface area contributed by atoms with Crippen molar-refractivity contribution >= 4 is 11.8 Å². The minimum atomic E-state index is -0.856. The van der Waals surface area contributed by atoms with E-state index in [0.717, 1.165) is 22.6 Å². The van der Waals surface area contributed by atoms with E-state index in [1.807, 2.05) is 13.0 Å². The van der Waals surface area contributed by atoms with Crippen molar-refractivity contribution < 1.29 is 8.78 Å². The van der Waals surface area contributed by atoms with Gasteiger partial charge in [0.15, 0.2) is 11.6 Å². The fourth-order valence-corrected chi connectivity index (χ4v) is 2.44. The lowest BCUT2D eigenvalue weighted by Crippen LogP contribution is -1.85. The van der Waals surface area contributed by atoms with E-state index in [2.05, 4.69) is 6.07 Å². The molecule has 0 spiro atoms. The van der Waals surface area contributed by atoms with Crippen LogP contribution in [0.1, 0.15) is 11.1 Å². The fourth-order valence-electron chi connectivity index (χ4n) is 1.50. The fraction of sp³-hybridized carbons (Fsp3) is 0.0714. The molecule has 1 nitrogen and oxygen atoms in total. The molecule has 0 aromatic heterocycles. The molecule has 0 saturated carbocycles. The third-order valence-corrected chi connectivity index (χ3v) is 3.42. The van der Waals surface area contributed by atoms with E-state index >= 15 is 0 Å². The maximum Gasteiger partial charge on any atom is 0.159 e. The summed E-state index contributed by atoms with van der Waals surface area (Å²) in [6.07, 6.45) is 0. The Balaban J connectivity index is 2.26. The highest BCUT2D eigenvalue weighted by molar-refractivity contribution is 7.99. The molecule has 90 valence electrons. The maximum absolute atomic E-state index is 13.0. The second-order valence-electron chi connectivity index (χ2n) is 3.77. The van der Waals surface area contributed by atoms with Crippen molar-refractivity contribution in [2.45, 2.75) is 16.7 Å². The lowest BCUT2D eigenvalue weighted by Gasteiger charge is -2.04. The van der Waals surface area contributed by atoms with Gasteiger partial charge in [0.25, 0.3) is 0 Å². The van der Waals surface area contributed by atoms with Crippen LogP contribution >= 0.6 is 11.8 Å². The van der Waals surface area contributed by atoms with Crippen LogP contribution < -0.4 is 0 Å². The van der Waals surface area contributed by atoms with Gasteiger partial charge in [0.1, 0.15) is 0 Å². The van der Waals surface area contributed by atoms with E-state index in [0.29, 0.717) is 10.5 Å². The molecular formula is C14H9F2NS. The van der Waals surface area contributed by atoms with Gasteiger partial charge in [0.05, 0.1) is 11.6 Å². The number of nitriles is 1. The minimum Gasteiger partial charge on any atom is -0.204 e. The van der Waals surface area contributed by atoms with E-state index in [-0.39, 0.29) is 0 Å². The third kappa shape index (κ3) is 2.69. The Bertz CT molecular complexity index is 632. The van der Waals surface area contributed by atoms with E-state index in [9.17, 15) is 8.78 Å². The summed E-state index contributed by atoms with van der Waals surface area (Å²) < 4.78 is 25.8. The molecule has 18 heavy (non-hydrogen) atoms. The van der Waals surface area contributed by atoms with Gasteiger partial charge < -0.3 is 0 Å². The zero-order valence-corrected chi connectivity index (χ0v) is 10.4. The van der Waals surface area contributed by atoms with E-state index in [4.69, 9.17) is 5.26 Å². The molecule has 2 aromatic carbocycles. The van der Waals surface area contributed by atoms with Crippen molar-refractivity contribution in [1.29, 1.82) is 5.26 Å². The van der Waals surface area contributed by atoms with Gasteiger partial charge in [0, 0.05) is 9.79 Å². The molecule has 0 fully saturated rings. The smallest absolute Gasteiger partial charge is 0.159 e. The SMILES string of the molecule is Cc1cc(Sc2ccc(F)c(F)c2)ccc1C#N. The highest BCUT2D eigenvalue weighted by Gasteiger charge is 2.05. The summed E-state index contributed by atoms with van der Waals surface area (Å²) in [5.41, 5.74) is 1.48. The molecule has 0 radical (unpaired) electrons. The molecule has 0 aliphatic rings. The van der Waals surface area contributed by atoms with Crippen LogP contribution in [0.4, 0.5) is 8.78 Å². The van der Waals surface area contributed by atoms with Crippen LogP contribution in [0.5, 0.6) is 0 Å². The van der Waals surface area contributed by atoms with Crippen LogP contribution in [0.15, 0.2) is 46.2 Å². The van der Waals surface area contributed by atoms with Crippen molar-refractivity contribution in [1.82, 2.24) is 0 Å². The summed E-state index contributed by atoms with van der Waals surface area (Å²) in [5, 5.41) is 8.82. The molecule has 4 heteroatoms. The first kappa shape index (κ1) is 12.6. The predicted molar refractivity (Wildman–Crippen MR) is 66.4 cm³/mol. The Morgan fingerprint density at radius 2 is 1.67 bits per heavy atom. The molecular weight excluding hydrogens is 252 g/mol. The van der Waals surface area contributed by atoms with Gasteiger partial charge >= 0.3 is 0 Å². The van der Waals surface area contributed by atoms with Crippen LogP contribution in [0.25, 0.3) is 0 Å². The summed E-state index contributed by atoms with van der Waals surface area (Å²) in [4.78, 5) is 1.51. The normalized spacial score (nSPS) is 10.1. The topological polar surface area (TPSA) is 23.8 Å². The lowest BCUT2D eigenvalue weighted by atomic mass is 10.1. The van der Waals surface area contributed by atoms with Crippen LogP contribution in [-0.2, 0) is 0 Å². The van der Waals surface area contributed by atoms with Crippen molar-refractivity contribution in [3.8, 4) is 6.07 Å². The first-order valence-corrected chi connectivity index (χ1v) is 6.05. The second kappa shape index (κ2) is 5.19. The quantitative estimate of drug-likeness (QED) is 0.805. The van der Waals surface area contributed by atoms with Gasteiger partial charge in [-0.3, -0.25) is 0 Å². The standard InChI is InChI=1S/C14H9F2NS/c1-9-6-11(3-2-10(9)8-17)18-12-4-5-13(15)14(16)7-12/h2-7H,1H3. The van der Waals surface area contributed by atoms with Crippen molar-refractivity contribution in [3.63, 3.8) is 0 Å². The largest absolute Gasteiger partial charge is 0.204 e. The van der Waals surface area contributed by atoms with Crippen molar-refractivity contribution in [3.05, 3.63) is 59.2 Å². The van der Waals surface area contributed by atoms with Gasteiger partial charge in [-0.2, -0.15) is 5.26 Å². The summed E-state index contributed by atoms with van der Waals surface area (Å²) in [6, 6.07) is 11.2. The number of aryl methyl sites for hydroxylation is 1. The molecule has 0 heterocycles. The Kier molecular flexibility index (Phi) is 3.63. The number of hydrogen-bond donors (Lipinski definition) is 0. The number of benzene rings is 2. The Morgan fingerprint density at radius 3 is 2.28 bits per heavy atom. The third-order valence-electron chi connectivity index (χ3n) is 2.45. The molecule has 0 bridgehead atoms. The predicted octanol–water partition coefficient (Wildman–Crippen LogP) is 4.30. The highest BCUT2D eigenvalue weighted by atomic mass is 32.2. The van der Waals surface area contributed by atoms with E-state index < -0.39 is 11.6 Å². The molecule has 2 aromatic rings. The Labute approximate surface area is 108 Å². The molecule has 0 N–H and O–H groups in total. The molecule has 0 atom stereocenters. The second-order valence-corrected chi connectivity index (χ2v) is 4.91. The number of halogens is 2. The first-order valence-electron chi connectivity index (χ1n) is 5.24. The molecule has 0 aliphatic carbocycles. The van der Waals surface area contributed by atoms with Crippen molar-refractivity contribution in [2.24, 2.45) is 0 Å².